The van der Waals surface area contributed by atoms with Crippen molar-refractivity contribution < 1.29 is 27.1 Å². The quantitative estimate of drug-likeness (QED) is 0.645. The average molecular weight is 479 g/mol. The van der Waals surface area contributed by atoms with Crippen molar-refractivity contribution in [2.45, 2.75) is 56.7 Å². The van der Waals surface area contributed by atoms with Crippen LogP contribution < -0.4 is 9.64 Å². The van der Waals surface area contributed by atoms with E-state index >= 15 is 0 Å². The molecule has 11 heteroatoms. The monoisotopic (exact) mass is 478 g/mol. The molecule has 0 spiro atoms. The molecule has 4 rings (SSSR count). The van der Waals surface area contributed by atoms with Crippen molar-refractivity contribution in [1.29, 1.82) is 0 Å². The first-order valence-electron chi connectivity index (χ1n) is 10.8. The summed E-state index contributed by atoms with van der Waals surface area (Å²) in [6.45, 7) is 6.51. The summed E-state index contributed by atoms with van der Waals surface area (Å²) in [5, 5.41) is 0. The van der Waals surface area contributed by atoms with Crippen molar-refractivity contribution >= 4 is 21.7 Å². The maximum Gasteiger partial charge on any atom is 0.410 e. The fraction of sp³-hybridized carbons (Fsp3) is 0.500. The molecule has 0 N–H and O–H groups in total. The number of amides is 1. The lowest BCUT2D eigenvalue weighted by atomic mass is 10.1. The smallest absolute Gasteiger partial charge is 0.410 e. The summed E-state index contributed by atoms with van der Waals surface area (Å²) in [7, 11) is -3.53. The number of ether oxygens (including phenoxy) is 2. The van der Waals surface area contributed by atoms with Gasteiger partial charge < -0.3 is 19.3 Å². The molecule has 2 atom stereocenters. The fourth-order valence-electron chi connectivity index (χ4n) is 4.36. The number of nitrogens with zero attached hydrogens (tertiary/aromatic N) is 4. The lowest BCUT2D eigenvalue weighted by molar-refractivity contribution is 0.0699. The molecule has 2 aliphatic heterocycles. The van der Waals surface area contributed by atoms with E-state index in [9.17, 15) is 17.6 Å². The van der Waals surface area contributed by atoms with E-state index in [1.54, 1.807) is 11.8 Å². The van der Waals surface area contributed by atoms with Crippen molar-refractivity contribution in [3.8, 4) is 11.6 Å². The third-order valence-corrected chi connectivity index (χ3v) is 6.98. The van der Waals surface area contributed by atoms with Crippen molar-refractivity contribution in [1.82, 2.24) is 14.9 Å². The molecule has 2 aliphatic rings. The molecule has 2 saturated heterocycles. The molecule has 3 heterocycles. The first-order chi connectivity index (χ1) is 15.5. The fourth-order valence-corrected chi connectivity index (χ4v) is 4.99. The van der Waals surface area contributed by atoms with Gasteiger partial charge in [-0.25, -0.2) is 27.6 Å². The number of benzene rings is 1. The summed E-state index contributed by atoms with van der Waals surface area (Å²) in [5.41, 5.74) is 0.638. The van der Waals surface area contributed by atoms with Crippen LogP contribution in [0.2, 0.25) is 0 Å². The second-order valence-electron chi connectivity index (χ2n) is 8.72. The van der Waals surface area contributed by atoms with Gasteiger partial charge in [-0.2, -0.15) is 0 Å². The summed E-state index contributed by atoms with van der Waals surface area (Å²) in [6, 6.07) is 3.65. The Morgan fingerprint density at radius 2 is 1.85 bits per heavy atom. The normalized spacial score (nSPS) is 20.3. The van der Waals surface area contributed by atoms with Gasteiger partial charge in [0.15, 0.2) is 21.4 Å². The van der Waals surface area contributed by atoms with Crippen LogP contribution in [0.1, 0.15) is 32.3 Å². The van der Waals surface area contributed by atoms with Crippen molar-refractivity contribution in [2.24, 2.45) is 0 Å². The Kier molecular flexibility index (Phi) is 6.17. The van der Waals surface area contributed by atoms with E-state index in [1.807, 2.05) is 13.8 Å². The van der Waals surface area contributed by atoms with Crippen LogP contribution in [0.4, 0.5) is 15.0 Å². The first kappa shape index (κ1) is 23.2. The van der Waals surface area contributed by atoms with E-state index in [0.29, 0.717) is 24.5 Å². The molecule has 178 valence electrons. The van der Waals surface area contributed by atoms with Crippen LogP contribution in [0, 0.1) is 12.7 Å². The van der Waals surface area contributed by atoms with E-state index in [-0.39, 0.29) is 40.8 Å². The van der Waals surface area contributed by atoms with Gasteiger partial charge in [-0.3, -0.25) is 0 Å². The van der Waals surface area contributed by atoms with E-state index in [1.165, 1.54) is 18.5 Å². The van der Waals surface area contributed by atoms with Crippen molar-refractivity contribution in [3.63, 3.8) is 0 Å². The number of likely N-dealkylation sites (tertiary alicyclic amines) is 1. The zero-order valence-corrected chi connectivity index (χ0v) is 19.8. The molecule has 1 amide bonds. The number of anilines is 1. The predicted octanol–water partition coefficient (Wildman–Crippen LogP) is 3.32. The zero-order valence-electron chi connectivity index (χ0n) is 19.0. The molecule has 2 unspecified atom stereocenters. The number of fused-ring (bicyclic) bond motifs is 2. The molecule has 2 fully saturated rings. The maximum atomic E-state index is 14.5. The van der Waals surface area contributed by atoms with Gasteiger partial charge in [0.05, 0.1) is 16.6 Å². The molecular weight excluding hydrogens is 451 g/mol. The highest BCUT2D eigenvalue weighted by Crippen LogP contribution is 2.38. The van der Waals surface area contributed by atoms with E-state index < -0.39 is 15.7 Å². The second-order valence-corrected chi connectivity index (χ2v) is 10.7. The number of hydrogen-bond acceptors (Lipinski definition) is 8. The summed E-state index contributed by atoms with van der Waals surface area (Å²) >= 11 is 0. The Balaban J connectivity index is 1.56. The van der Waals surface area contributed by atoms with Gasteiger partial charge in [0.2, 0.25) is 5.88 Å². The Morgan fingerprint density at radius 1 is 1.18 bits per heavy atom. The Labute approximate surface area is 192 Å². The molecule has 0 aliphatic carbocycles. The standard InChI is InChI=1S/C22H27FN4O5S/c1-13(2)31-22(28)26-10-15-5-6-16(11-26)27(15)20-14(3)21(25-12-24-20)32-19-8-7-17(9-18(19)23)33(4,29)30/h7-9,12-13,15-16H,5-6,10-11H2,1-4H3. The number of piperazine rings is 1. The van der Waals surface area contributed by atoms with Gasteiger partial charge in [0.1, 0.15) is 12.1 Å². The SMILES string of the molecule is Cc1c(Oc2ccc(S(C)(=O)=O)cc2F)ncnc1N1C2CCC1CN(C(=O)OC(C)C)C2. The van der Waals surface area contributed by atoms with Crippen molar-refractivity contribution in [3.05, 3.63) is 35.9 Å². The molecule has 9 nitrogen and oxygen atoms in total. The van der Waals surface area contributed by atoms with Crippen molar-refractivity contribution in [2.75, 3.05) is 24.2 Å². The molecule has 2 aromatic rings. The highest BCUT2D eigenvalue weighted by Gasteiger charge is 2.43. The molecule has 1 aromatic heterocycles. The number of aromatic nitrogens is 2. The summed E-state index contributed by atoms with van der Waals surface area (Å²) in [6.07, 6.45) is 3.72. The molecule has 0 saturated carbocycles. The van der Waals surface area contributed by atoms with Crippen LogP contribution in [-0.4, -0.2) is 66.9 Å². The second kappa shape index (κ2) is 8.77. The van der Waals surface area contributed by atoms with Crippen LogP contribution >= 0.6 is 0 Å². The van der Waals surface area contributed by atoms with Crippen LogP contribution in [0.5, 0.6) is 11.6 Å². The Bertz CT molecular complexity index is 1160. The van der Waals surface area contributed by atoms with E-state index in [4.69, 9.17) is 9.47 Å². The minimum atomic E-state index is -3.53. The van der Waals surface area contributed by atoms with Gasteiger partial charge in [-0.05, 0) is 51.8 Å². The lowest BCUT2D eigenvalue weighted by Crippen LogP contribution is -2.56. The third kappa shape index (κ3) is 4.73. The Hall–Kier alpha value is -2.95. The first-order valence-corrected chi connectivity index (χ1v) is 12.7. The van der Waals surface area contributed by atoms with Gasteiger partial charge in [0, 0.05) is 31.4 Å². The minimum absolute atomic E-state index is 0.0793. The predicted molar refractivity (Wildman–Crippen MR) is 119 cm³/mol. The average Bonchev–Trinajstić information content (AvgIpc) is 2.98. The van der Waals surface area contributed by atoms with Crippen LogP contribution in [-0.2, 0) is 14.6 Å². The number of hydrogen-bond donors (Lipinski definition) is 0. The van der Waals surface area contributed by atoms with Crippen LogP contribution in [0.3, 0.4) is 0 Å². The van der Waals surface area contributed by atoms with E-state index in [0.717, 1.165) is 25.2 Å². The topological polar surface area (TPSA) is 102 Å². The number of carbonyl (C=O) groups is 1. The summed E-state index contributed by atoms with van der Waals surface area (Å²) < 4.78 is 48.9. The number of carbonyl (C=O) groups excluding carboxylic acids is 1. The number of rotatable bonds is 5. The van der Waals surface area contributed by atoms with Crippen LogP contribution in [0.25, 0.3) is 0 Å². The third-order valence-electron chi connectivity index (χ3n) is 5.87. The minimum Gasteiger partial charge on any atom is -0.447 e. The highest BCUT2D eigenvalue weighted by molar-refractivity contribution is 7.90. The largest absolute Gasteiger partial charge is 0.447 e. The molecule has 33 heavy (non-hydrogen) atoms. The maximum absolute atomic E-state index is 14.5. The summed E-state index contributed by atoms with van der Waals surface area (Å²) in [5.74, 6) is -0.0567. The highest BCUT2D eigenvalue weighted by atomic mass is 32.2. The number of halogens is 1. The molecular formula is C22H27FN4O5S. The van der Waals surface area contributed by atoms with Gasteiger partial charge >= 0.3 is 6.09 Å². The lowest BCUT2D eigenvalue weighted by Gasteiger charge is -2.41. The summed E-state index contributed by atoms with van der Waals surface area (Å²) in [4.78, 5) is 24.8. The molecule has 2 bridgehead atoms. The van der Waals surface area contributed by atoms with Gasteiger partial charge in [-0.15, -0.1) is 0 Å². The van der Waals surface area contributed by atoms with E-state index in [2.05, 4.69) is 14.9 Å². The number of sulfone groups is 1. The Morgan fingerprint density at radius 3 is 2.42 bits per heavy atom. The van der Waals surface area contributed by atoms with Gasteiger partial charge in [-0.1, -0.05) is 0 Å². The zero-order chi connectivity index (χ0) is 23.9. The van der Waals surface area contributed by atoms with Gasteiger partial charge in [0.25, 0.3) is 0 Å². The molecule has 1 aromatic carbocycles. The molecule has 0 radical (unpaired) electrons. The van der Waals surface area contributed by atoms with Crippen LogP contribution in [0.15, 0.2) is 29.4 Å².